The molecule has 1 unspecified atom stereocenters. The molecular formula is C12H14BrN5O. The molecule has 3 rings (SSSR count). The maximum Gasteiger partial charge on any atom is 0.221 e. The molecule has 2 aromatic rings. The molecule has 0 saturated carbocycles. The number of nitrogens with two attached hydrogens (primary N) is 1. The first-order chi connectivity index (χ1) is 9.13. The summed E-state index contributed by atoms with van der Waals surface area (Å²) in [5, 5.41) is 4.28. The number of aromatic nitrogens is 3. The van der Waals surface area contributed by atoms with Crippen LogP contribution in [0.1, 0.15) is 12.0 Å². The molecule has 100 valence electrons. The van der Waals surface area contributed by atoms with E-state index in [4.69, 9.17) is 5.73 Å². The molecule has 19 heavy (non-hydrogen) atoms. The summed E-state index contributed by atoms with van der Waals surface area (Å²) in [6.07, 6.45) is 6.30. The molecule has 1 fully saturated rings. The lowest BCUT2D eigenvalue weighted by atomic mass is 10.1. The Bertz CT molecular complexity index is 626. The number of halogens is 1. The average molecular weight is 324 g/mol. The minimum absolute atomic E-state index is 0.0241. The van der Waals surface area contributed by atoms with Crippen molar-refractivity contribution in [1.82, 2.24) is 19.5 Å². The topological polar surface area (TPSA) is 76.5 Å². The summed E-state index contributed by atoms with van der Waals surface area (Å²) in [4.78, 5) is 17.8. The molecule has 1 aliphatic rings. The number of primary amides is 1. The van der Waals surface area contributed by atoms with Gasteiger partial charge in [-0.1, -0.05) is 0 Å². The van der Waals surface area contributed by atoms with Crippen molar-refractivity contribution in [2.75, 3.05) is 13.1 Å². The van der Waals surface area contributed by atoms with E-state index < -0.39 is 0 Å². The molecule has 0 radical (unpaired) electrons. The van der Waals surface area contributed by atoms with Crippen molar-refractivity contribution in [2.45, 2.75) is 13.0 Å². The average Bonchev–Trinajstić information content (AvgIpc) is 2.97. The Hall–Kier alpha value is -1.47. The Morgan fingerprint density at radius 2 is 2.37 bits per heavy atom. The van der Waals surface area contributed by atoms with E-state index >= 15 is 0 Å². The number of carbonyl (C=O) groups excluding carboxylic acids is 1. The Labute approximate surface area is 118 Å². The van der Waals surface area contributed by atoms with Crippen molar-refractivity contribution in [3.8, 4) is 0 Å². The number of rotatable bonds is 3. The highest BCUT2D eigenvalue weighted by Crippen LogP contribution is 2.20. The largest absolute Gasteiger partial charge is 0.369 e. The standard InChI is InChI=1S/C12H14BrN5O/c13-10-4-15-12-9(3-16-18(12)7-10)6-17-2-1-8(5-17)11(14)19/h3-4,7-8H,1-2,5-6H2,(H2,14,19). The minimum Gasteiger partial charge on any atom is -0.369 e. The third-order valence-electron chi connectivity index (χ3n) is 3.47. The molecule has 0 bridgehead atoms. The van der Waals surface area contributed by atoms with Crippen LogP contribution < -0.4 is 5.73 Å². The van der Waals surface area contributed by atoms with E-state index in [1.165, 1.54) is 0 Å². The number of likely N-dealkylation sites (tertiary alicyclic amines) is 1. The summed E-state index contributed by atoms with van der Waals surface area (Å²) in [6, 6.07) is 0. The highest BCUT2D eigenvalue weighted by molar-refractivity contribution is 9.10. The van der Waals surface area contributed by atoms with Crippen LogP contribution in [0.15, 0.2) is 23.1 Å². The molecular weight excluding hydrogens is 310 g/mol. The van der Waals surface area contributed by atoms with Crippen LogP contribution in [0, 0.1) is 5.92 Å². The van der Waals surface area contributed by atoms with Gasteiger partial charge in [-0.2, -0.15) is 5.10 Å². The summed E-state index contributed by atoms with van der Waals surface area (Å²) in [5.41, 5.74) is 7.26. The van der Waals surface area contributed by atoms with Gasteiger partial charge in [0.15, 0.2) is 5.65 Å². The Kier molecular flexibility index (Phi) is 3.24. The lowest BCUT2D eigenvalue weighted by Gasteiger charge is -2.13. The summed E-state index contributed by atoms with van der Waals surface area (Å²) in [5.74, 6) is -0.228. The first kappa shape index (κ1) is 12.6. The third-order valence-corrected chi connectivity index (χ3v) is 3.88. The fourth-order valence-corrected chi connectivity index (χ4v) is 2.76. The lowest BCUT2D eigenvalue weighted by Crippen LogP contribution is -2.27. The van der Waals surface area contributed by atoms with Crippen LogP contribution in [-0.2, 0) is 11.3 Å². The molecule has 0 aliphatic carbocycles. The highest BCUT2D eigenvalue weighted by atomic mass is 79.9. The van der Waals surface area contributed by atoms with Crippen LogP contribution in [0.5, 0.6) is 0 Å². The molecule has 1 atom stereocenters. The van der Waals surface area contributed by atoms with Gasteiger partial charge in [0.1, 0.15) is 0 Å². The molecule has 0 spiro atoms. The summed E-state index contributed by atoms with van der Waals surface area (Å²) < 4.78 is 2.64. The first-order valence-corrected chi connectivity index (χ1v) is 6.92. The highest BCUT2D eigenvalue weighted by Gasteiger charge is 2.27. The van der Waals surface area contributed by atoms with E-state index in [9.17, 15) is 4.79 Å². The van der Waals surface area contributed by atoms with Crippen molar-refractivity contribution in [1.29, 1.82) is 0 Å². The number of nitrogens with zero attached hydrogens (tertiary/aromatic N) is 4. The Morgan fingerprint density at radius 3 is 3.11 bits per heavy atom. The van der Waals surface area contributed by atoms with Crippen LogP contribution in [0.3, 0.4) is 0 Å². The van der Waals surface area contributed by atoms with Crippen LogP contribution in [0.4, 0.5) is 0 Å². The van der Waals surface area contributed by atoms with Crippen molar-refractivity contribution >= 4 is 27.5 Å². The monoisotopic (exact) mass is 323 g/mol. The molecule has 2 N–H and O–H groups in total. The third kappa shape index (κ3) is 2.48. The SMILES string of the molecule is NC(=O)C1CCN(Cc2cnn3cc(Br)cnc23)C1. The van der Waals surface area contributed by atoms with E-state index in [0.29, 0.717) is 0 Å². The van der Waals surface area contributed by atoms with Gasteiger partial charge in [0.2, 0.25) is 5.91 Å². The Morgan fingerprint density at radius 1 is 1.53 bits per heavy atom. The number of amides is 1. The van der Waals surface area contributed by atoms with Crippen LogP contribution in [-0.4, -0.2) is 38.5 Å². The number of hydrogen-bond donors (Lipinski definition) is 1. The molecule has 3 heterocycles. The number of hydrogen-bond acceptors (Lipinski definition) is 4. The summed E-state index contributed by atoms with van der Waals surface area (Å²) in [6.45, 7) is 2.37. The zero-order chi connectivity index (χ0) is 13.4. The minimum atomic E-state index is -0.204. The maximum absolute atomic E-state index is 11.2. The molecule has 6 nitrogen and oxygen atoms in total. The predicted molar refractivity (Wildman–Crippen MR) is 73.3 cm³/mol. The second kappa shape index (κ2) is 4.90. The summed E-state index contributed by atoms with van der Waals surface area (Å²) >= 11 is 3.37. The van der Waals surface area contributed by atoms with E-state index in [1.807, 2.05) is 12.4 Å². The van der Waals surface area contributed by atoms with Gasteiger partial charge in [-0.05, 0) is 28.9 Å². The van der Waals surface area contributed by atoms with Crippen molar-refractivity contribution in [3.05, 3.63) is 28.6 Å². The van der Waals surface area contributed by atoms with Crippen LogP contribution in [0.25, 0.3) is 5.65 Å². The zero-order valence-electron chi connectivity index (χ0n) is 10.3. The molecule has 0 aromatic carbocycles. The van der Waals surface area contributed by atoms with Gasteiger partial charge >= 0.3 is 0 Å². The van der Waals surface area contributed by atoms with Gasteiger partial charge < -0.3 is 5.73 Å². The summed E-state index contributed by atoms with van der Waals surface area (Å²) in [7, 11) is 0. The number of carbonyl (C=O) groups is 1. The fourth-order valence-electron chi connectivity index (χ4n) is 2.46. The molecule has 1 amide bonds. The predicted octanol–water partition coefficient (Wildman–Crippen LogP) is 0.799. The molecule has 1 saturated heterocycles. The van der Waals surface area contributed by atoms with Gasteiger partial charge in [0.05, 0.1) is 16.6 Å². The van der Waals surface area contributed by atoms with Crippen molar-refractivity contribution in [3.63, 3.8) is 0 Å². The number of fused-ring (bicyclic) bond motifs is 1. The zero-order valence-corrected chi connectivity index (χ0v) is 11.9. The molecule has 7 heteroatoms. The van der Waals surface area contributed by atoms with E-state index in [2.05, 4.69) is 30.9 Å². The van der Waals surface area contributed by atoms with Crippen molar-refractivity contribution < 1.29 is 4.79 Å². The second-order valence-electron chi connectivity index (χ2n) is 4.83. The van der Waals surface area contributed by atoms with E-state index in [1.54, 1.807) is 10.7 Å². The van der Waals surface area contributed by atoms with Gasteiger partial charge in [0, 0.05) is 31.0 Å². The van der Waals surface area contributed by atoms with Crippen LogP contribution >= 0.6 is 15.9 Å². The fraction of sp³-hybridized carbons (Fsp3) is 0.417. The normalized spacial score (nSPS) is 20.2. The van der Waals surface area contributed by atoms with Gasteiger partial charge in [-0.3, -0.25) is 9.69 Å². The molecule has 1 aliphatic heterocycles. The van der Waals surface area contributed by atoms with Crippen molar-refractivity contribution in [2.24, 2.45) is 11.7 Å². The van der Waals surface area contributed by atoms with Gasteiger partial charge in [0.25, 0.3) is 0 Å². The second-order valence-corrected chi connectivity index (χ2v) is 5.75. The smallest absolute Gasteiger partial charge is 0.221 e. The van der Waals surface area contributed by atoms with Gasteiger partial charge in [-0.25, -0.2) is 9.50 Å². The van der Waals surface area contributed by atoms with Gasteiger partial charge in [-0.15, -0.1) is 0 Å². The maximum atomic E-state index is 11.2. The lowest BCUT2D eigenvalue weighted by molar-refractivity contribution is -0.121. The van der Waals surface area contributed by atoms with E-state index in [0.717, 1.165) is 41.7 Å². The molecule has 2 aromatic heterocycles. The van der Waals surface area contributed by atoms with E-state index in [-0.39, 0.29) is 11.8 Å². The Balaban J connectivity index is 1.77. The quantitative estimate of drug-likeness (QED) is 0.906. The first-order valence-electron chi connectivity index (χ1n) is 6.13. The van der Waals surface area contributed by atoms with Crippen LogP contribution in [0.2, 0.25) is 0 Å².